The standard InChI is InChI=1S/C10H17N7/c1-10(2,3)17-7-8(5-12-17)4-11-6-9-13-15-16-14-9/h5,7,11H,4,6H2,1-3H3,(H,13,14,15,16). The highest BCUT2D eigenvalue weighted by Crippen LogP contribution is 2.12. The van der Waals surface area contributed by atoms with Crippen LogP contribution >= 0.6 is 0 Å². The van der Waals surface area contributed by atoms with E-state index < -0.39 is 0 Å². The molecule has 2 aromatic heterocycles. The summed E-state index contributed by atoms with van der Waals surface area (Å²) >= 11 is 0. The van der Waals surface area contributed by atoms with E-state index in [2.05, 4.69) is 51.8 Å². The molecule has 0 saturated carbocycles. The van der Waals surface area contributed by atoms with Crippen LogP contribution in [0.4, 0.5) is 0 Å². The third-order valence-electron chi connectivity index (χ3n) is 2.32. The maximum atomic E-state index is 4.33. The van der Waals surface area contributed by atoms with Crippen LogP contribution in [-0.4, -0.2) is 30.4 Å². The average molecular weight is 235 g/mol. The number of H-pyrrole nitrogens is 1. The van der Waals surface area contributed by atoms with Gasteiger partial charge in [0.25, 0.3) is 0 Å². The van der Waals surface area contributed by atoms with E-state index in [9.17, 15) is 0 Å². The van der Waals surface area contributed by atoms with E-state index in [0.29, 0.717) is 12.4 Å². The molecular weight excluding hydrogens is 218 g/mol. The van der Waals surface area contributed by atoms with Gasteiger partial charge in [0.15, 0.2) is 5.82 Å². The summed E-state index contributed by atoms with van der Waals surface area (Å²) in [6.45, 7) is 7.70. The molecule has 0 bridgehead atoms. The summed E-state index contributed by atoms with van der Waals surface area (Å²) < 4.78 is 1.96. The molecular formula is C10H17N7. The highest BCUT2D eigenvalue weighted by Gasteiger charge is 2.13. The van der Waals surface area contributed by atoms with Crippen molar-refractivity contribution in [1.29, 1.82) is 0 Å². The molecule has 0 amide bonds. The zero-order valence-corrected chi connectivity index (χ0v) is 10.3. The van der Waals surface area contributed by atoms with E-state index >= 15 is 0 Å². The smallest absolute Gasteiger partial charge is 0.188 e. The van der Waals surface area contributed by atoms with Gasteiger partial charge in [0, 0.05) is 18.3 Å². The summed E-state index contributed by atoms with van der Waals surface area (Å²) in [6.07, 6.45) is 3.91. The third-order valence-corrected chi connectivity index (χ3v) is 2.32. The monoisotopic (exact) mass is 235 g/mol. The van der Waals surface area contributed by atoms with Gasteiger partial charge in [-0.15, -0.1) is 10.2 Å². The summed E-state index contributed by atoms with van der Waals surface area (Å²) in [5.74, 6) is 0.660. The summed E-state index contributed by atoms with van der Waals surface area (Å²) in [5, 5.41) is 21.2. The molecule has 0 aromatic carbocycles. The van der Waals surface area contributed by atoms with E-state index in [0.717, 1.165) is 12.1 Å². The molecule has 92 valence electrons. The molecule has 0 radical (unpaired) electrons. The third kappa shape index (κ3) is 3.10. The average Bonchev–Trinajstić information content (AvgIpc) is 2.86. The van der Waals surface area contributed by atoms with Gasteiger partial charge in [0.2, 0.25) is 0 Å². The maximum absolute atomic E-state index is 4.33. The number of rotatable bonds is 4. The summed E-state index contributed by atoms with van der Waals surface area (Å²) in [6, 6.07) is 0. The lowest BCUT2D eigenvalue weighted by molar-refractivity contribution is 0.355. The van der Waals surface area contributed by atoms with Gasteiger partial charge in [-0.2, -0.15) is 10.3 Å². The lowest BCUT2D eigenvalue weighted by Crippen LogP contribution is -2.22. The largest absolute Gasteiger partial charge is 0.305 e. The number of nitrogens with zero attached hydrogens (tertiary/aromatic N) is 5. The molecule has 2 heterocycles. The van der Waals surface area contributed by atoms with Crippen molar-refractivity contribution < 1.29 is 0 Å². The summed E-state index contributed by atoms with van der Waals surface area (Å²) in [7, 11) is 0. The van der Waals surface area contributed by atoms with Crippen LogP contribution in [0, 0.1) is 0 Å². The molecule has 0 spiro atoms. The van der Waals surface area contributed by atoms with Gasteiger partial charge in [-0.25, -0.2) is 0 Å². The molecule has 0 unspecified atom stereocenters. The van der Waals surface area contributed by atoms with E-state index in [1.807, 2.05) is 17.1 Å². The highest BCUT2D eigenvalue weighted by molar-refractivity contribution is 5.04. The molecule has 0 atom stereocenters. The summed E-state index contributed by atoms with van der Waals surface area (Å²) in [5.41, 5.74) is 1.16. The Hall–Kier alpha value is -1.76. The minimum Gasteiger partial charge on any atom is -0.305 e. The minimum atomic E-state index is 0.0198. The Morgan fingerprint density at radius 2 is 2.18 bits per heavy atom. The van der Waals surface area contributed by atoms with Crippen molar-refractivity contribution in [3.8, 4) is 0 Å². The number of aromatic amines is 1. The predicted octanol–water partition coefficient (Wildman–Crippen LogP) is 0.441. The number of aromatic nitrogens is 6. The van der Waals surface area contributed by atoms with Gasteiger partial charge < -0.3 is 5.32 Å². The predicted molar refractivity (Wildman–Crippen MR) is 61.9 cm³/mol. The van der Waals surface area contributed by atoms with Crippen LogP contribution in [0.25, 0.3) is 0 Å². The summed E-state index contributed by atoms with van der Waals surface area (Å²) in [4.78, 5) is 0. The number of nitrogens with one attached hydrogen (secondary N) is 2. The van der Waals surface area contributed by atoms with Crippen molar-refractivity contribution in [2.75, 3.05) is 0 Å². The fourth-order valence-corrected chi connectivity index (χ4v) is 1.39. The second kappa shape index (κ2) is 4.62. The molecule has 0 saturated heterocycles. The van der Waals surface area contributed by atoms with Crippen molar-refractivity contribution in [2.24, 2.45) is 0 Å². The van der Waals surface area contributed by atoms with Crippen LogP contribution in [0.1, 0.15) is 32.2 Å². The van der Waals surface area contributed by atoms with Crippen molar-refractivity contribution in [2.45, 2.75) is 39.4 Å². The molecule has 0 aliphatic rings. The second-order valence-electron chi connectivity index (χ2n) is 4.90. The van der Waals surface area contributed by atoms with Gasteiger partial charge in [0.1, 0.15) is 0 Å². The second-order valence-corrected chi connectivity index (χ2v) is 4.90. The molecule has 7 heteroatoms. The van der Waals surface area contributed by atoms with Gasteiger partial charge >= 0.3 is 0 Å². The normalized spacial score (nSPS) is 11.9. The number of hydrogen-bond acceptors (Lipinski definition) is 5. The molecule has 0 aliphatic heterocycles. The maximum Gasteiger partial charge on any atom is 0.188 e. The molecule has 0 fully saturated rings. The van der Waals surface area contributed by atoms with Crippen LogP contribution in [0.3, 0.4) is 0 Å². The topological polar surface area (TPSA) is 84.3 Å². The van der Waals surface area contributed by atoms with Crippen LogP contribution in [-0.2, 0) is 18.6 Å². The first kappa shape index (κ1) is 11.7. The lowest BCUT2D eigenvalue weighted by Gasteiger charge is -2.18. The van der Waals surface area contributed by atoms with E-state index in [1.165, 1.54) is 0 Å². The Labute approximate surface area is 99.6 Å². The first-order valence-electron chi connectivity index (χ1n) is 5.53. The van der Waals surface area contributed by atoms with E-state index in [4.69, 9.17) is 0 Å². The van der Waals surface area contributed by atoms with Crippen molar-refractivity contribution in [3.63, 3.8) is 0 Å². The van der Waals surface area contributed by atoms with Gasteiger partial charge in [-0.05, 0) is 20.8 Å². The van der Waals surface area contributed by atoms with Gasteiger partial charge in [-0.3, -0.25) is 4.68 Å². The SMILES string of the molecule is CC(C)(C)n1cc(CNCc2nn[nH]n2)cn1. The molecule has 2 N–H and O–H groups in total. The van der Waals surface area contributed by atoms with Gasteiger partial charge in [0.05, 0.1) is 18.3 Å². The van der Waals surface area contributed by atoms with Crippen molar-refractivity contribution in [1.82, 2.24) is 35.7 Å². The van der Waals surface area contributed by atoms with Crippen LogP contribution in [0.2, 0.25) is 0 Å². The lowest BCUT2D eigenvalue weighted by atomic mass is 10.1. The fraction of sp³-hybridized carbons (Fsp3) is 0.600. The Bertz CT molecular complexity index is 451. The van der Waals surface area contributed by atoms with Crippen molar-refractivity contribution in [3.05, 3.63) is 23.8 Å². The van der Waals surface area contributed by atoms with Gasteiger partial charge in [-0.1, -0.05) is 5.21 Å². The van der Waals surface area contributed by atoms with E-state index in [1.54, 1.807) is 0 Å². The first-order valence-corrected chi connectivity index (χ1v) is 5.53. The van der Waals surface area contributed by atoms with Crippen LogP contribution < -0.4 is 5.32 Å². The first-order chi connectivity index (χ1) is 8.05. The van der Waals surface area contributed by atoms with Crippen molar-refractivity contribution >= 4 is 0 Å². The highest BCUT2D eigenvalue weighted by atomic mass is 15.5. The molecule has 0 aliphatic carbocycles. The van der Waals surface area contributed by atoms with Crippen LogP contribution in [0.15, 0.2) is 12.4 Å². The Morgan fingerprint density at radius 3 is 2.76 bits per heavy atom. The number of hydrogen-bond donors (Lipinski definition) is 2. The zero-order valence-electron chi connectivity index (χ0n) is 10.3. The van der Waals surface area contributed by atoms with E-state index in [-0.39, 0.29) is 5.54 Å². The quantitative estimate of drug-likeness (QED) is 0.803. The fourth-order valence-electron chi connectivity index (χ4n) is 1.39. The molecule has 2 aromatic rings. The molecule has 17 heavy (non-hydrogen) atoms. The Morgan fingerprint density at radius 1 is 1.35 bits per heavy atom. The molecule has 2 rings (SSSR count). The molecule has 7 nitrogen and oxygen atoms in total. The number of tetrazole rings is 1. The zero-order chi connectivity index (χ0) is 12.3. The Kier molecular flexibility index (Phi) is 3.19. The minimum absolute atomic E-state index is 0.0198. The Balaban J connectivity index is 1.85. The van der Waals surface area contributed by atoms with Crippen LogP contribution in [0.5, 0.6) is 0 Å².